The van der Waals surface area contributed by atoms with Crippen LogP contribution >= 0.6 is 22.6 Å². The standard InChI is InChI=1S/C19H14INO2/c20-15-8-10-16(11-9-15)21-19(22)18(13-17-7-4-12-23-17)14-5-2-1-3-6-14/h1-13H,(H,21,22). The first-order valence-corrected chi connectivity index (χ1v) is 8.18. The first-order chi connectivity index (χ1) is 11.2. The van der Waals surface area contributed by atoms with Crippen LogP contribution in [0.2, 0.25) is 0 Å². The summed E-state index contributed by atoms with van der Waals surface area (Å²) in [5.74, 6) is 0.468. The third-order valence-electron chi connectivity index (χ3n) is 3.26. The van der Waals surface area contributed by atoms with Gasteiger partial charge < -0.3 is 9.73 Å². The zero-order valence-electron chi connectivity index (χ0n) is 12.2. The Labute approximate surface area is 148 Å². The molecule has 1 heterocycles. The third kappa shape index (κ3) is 4.10. The number of hydrogen-bond donors (Lipinski definition) is 1. The molecule has 0 aliphatic rings. The van der Waals surface area contributed by atoms with Gasteiger partial charge in [-0.2, -0.15) is 0 Å². The predicted octanol–water partition coefficient (Wildman–Crippen LogP) is 5.06. The highest BCUT2D eigenvalue weighted by Crippen LogP contribution is 2.21. The highest BCUT2D eigenvalue weighted by atomic mass is 127. The summed E-state index contributed by atoms with van der Waals surface area (Å²) in [5, 5.41) is 2.93. The highest BCUT2D eigenvalue weighted by Gasteiger charge is 2.13. The Morgan fingerprint density at radius 3 is 2.35 bits per heavy atom. The van der Waals surface area contributed by atoms with Gasteiger partial charge in [-0.3, -0.25) is 4.79 Å². The van der Waals surface area contributed by atoms with Gasteiger partial charge in [0.1, 0.15) is 5.76 Å². The summed E-state index contributed by atoms with van der Waals surface area (Å²) in [6, 6.07) is 20.8. The van der Waals surface area contributed by atoms with Gasteiger partial charge in [0, 0.05) is 9.26 Å². The highest BCUT2D eigenvalue weighted by molar-refractivity contribution is 14.1. The van der Waals surface area contributed by atoms with Crippen LogP contribution in [0.4, 0.5) is 5.69 Å². The smallest absolute Gasteiger partial charge is 0.256 e. The van der Waals surface area contributed by atoms with Gasteiger partial charge in [-0.15, -0.1) is 0 Å². The van der Waals surface area contributed by atoms with Gasteiger partial charge in [0.25, 0.3) is 5.91 Å². The number of nitrogens with one attached hydrogen (secondary N) is 1. The van der Waals surface area contributed by atoms with Crippen LogP contribution in [0.1, 0.15) is 11.3 Å². The van der Waals surface area contributed by atoms with Crippen LogP contribution in [0, 0.1) is 3.57 Å². The molecule has 0 aliphatic carbocycles. The summed E-state index contributed by atoms with van der Waals surface area (Å²) in [6.07, 6.45) is 3.34. The van der Waals surface area contributed by atoms with Gasteiger partial charge in [0.15, 0.2) is 0 Å². The normalized spacial score (nSPS) is 11.3. The Balaban J connectivity index is 1.92. The maximum atomic E-state index is 12.7. The molecule has 3 rings (SSSR count). The molecule has 0 saturated carbocycles. The molecule has 1 N–H and O–H groups in total. The van der Waals surface area contributed by atoms with Crippen molar-refractivity contribution in [2.45, 2.75) is 0 Å². The van der Waals surface area contributed by atoms with Gasteiger partial charge in [0.2, 0.25) is 0 Å². The lowest BCUT2D eigenvalue weighted by atomic mass is 10.0. The summed E-state index contributed by atoms with van der Waals surface area (Å²) in [4.78, 5) is 12.7. The van der Waals surface area contributed by atoms with E-state index in [4.69, 9.17) is 4.42 Å². The van der Waals surface area contributed by atoms with E-state index in [-0.39, 0.29) is 5.91 Å². The van der Waals surface area contributed by atoms with Crippen LogP contribution in [0.25, 0.3) is 11.6 Å². The van der Waals surface area contributed by atoms with Gasteiger partial charge in [0.05, 0.1) is 11.8 Å². The Bertz CT molecular complexity index is 806. The molecule has 0 fully saturated rings. The van der Waals surface area contributed by atoms with Crippen molar-refractivity contribution in [3.05, 3.63) is 87.9 Å². The molecule has 2 aromatic carbocycles. The molecule has 0 saturated heterocycles. The zero-order chi connectivity index (χ0) is 16.1. The molecule has 0 spiro atoms. The summed E-state index contributed by atoms with van der Waals surface area (Å²) in [5.41, 5.74) is 2.16. The van der Waals surface area contributed by atoms with E-state index in [0.717, 1.165) is 14.8 Å². The SMILES string of the molecule is O=C(Nc1ccc(I)cc1)C(=Cc1ccco1)c1ccccc1. The van der Waals surface area contributed by atoms with E-state index in [1.54, 1.807) is 18.4 Å². The summed E-state index contributed by atoms with van der Waals surface area (Å²) >= 11 is 2.23. The van der Waals surface area contributed by atoms with Crippen LogP contribution in [0.5, 0.6) is 0 Å². The van der Waals surface area contributed by atoms with Crippen LogP contribution in [0.15, 0.2) is 77.4 Å². The van der Waals surface area contributed by atoms with Gasteiger partial charge in [-0.05, 0) is 70.6 Å². The molecule has 23 heavy (non-hydrogen) atoms. The molecule has 0 radical (unpaired) electrons. The number of rotatable bonds is 4. The lowest BCUT2D eigenvalue weighted by Crippen LogP contribution is -2.13. The topological polar surface area (TPSA) is 42.2 Å². The van der Waals surface area contributed by atoms with Crippen molar-refractivity contribution >= 4 is 45.8 Å². The van der Waals surface area contributed by atoms with Crippen LogP contribution in [0.3, 0.4) is 0 Å². The van der Waals surface area contributed by atoms with Crippen molar-refractivity contribution < 1.29 is 9.21 Å². The maximum absolute atomic E-state index is 12.7. The lowest BCUT2D eigenvalue weighted by Gasteiger charge is -2.09. The fourth-order valence-electron chi connectivity index (χ4n) is 2.14. The second-order valence-electron chi connectivity index (χ2n) is 4.90. The molecular formula is C19H14INO2. The number of anilines is 1. The number of benzene rings is 2. The van der Waals surface area contributed by atoms with Gasteiger partial charge >= 0.3 is 0 Å². The van der Waals surface area contributed by atoms with Gasteiger partial charge in [-0.1, -0.05) is 30.3 Å². The van der Waals surface area contributed by atoms with E-state index in [0.29, 0.717) is 11.3 Å². The minimum absolute atomic E-state index is 0.172. The molecule has 1 amide bonds. The Kier molecular flexibility index (Phi) is 4.92. The number of carbonyl (C=O) groups is 1. The van der Waals surface area contributed by atoms with E-state index >= 15 is 0 Å². The summed E-state index contributed by atoms with van der Waals surface area (Å²) in [6.45, 7) is 0. The van der Waals surface area contributed by atoms with Crippen molar-refractivity contribution in [3.8, 4) is 0 Å². The molecule has 3 aromatic rings. The number of furan rings is 1. The van der Waals surface area contributed by atoms with Crippen LogP contribution in [-0.4, -0.2) is 5.91 Å². The first kappa shape index (κ1) is 15.6. The van der Waals surface area contributed by atoms with E-state index in [1.165, 1.54) is 0 Å². The molecule has 0 unspecified atom stereocenters. The quantitative estimate of drug-likeness (QED) is 0.478. The molecule has 0 bridgehead atoms. The molecule has 3 nitrogen and oxygen atoms in total. The van der Waals surface area contributed by atoms with Crippen molar-refractivity contribution in [1.29, 1.82) is 0 Å². The molecule has 1 aromatic heterocycles. The zero-order valence-corrected chi connectivity index (χ0v) is 14.4. The third-order valence-corrected chi connectivity index (χ3v) is 3.98. The first-order valence-electron chi connectivity index (χ1n) is 7.10. The summed E-state index contributed by atoms with van der Waals surface area (Å²) in [7, 11) is 0. The average molecular weight is 415 g/mol. The van der Waals surface area contributed by atoms with E-state index in [1.807, 2.05) is 60.7 Å². The van der Waals surface area contributed by atoms with Crippen molar-refractivity contribution in [2.24, 2.45) is 0 Å². The van der Waals surface area contributed by atoms with Crippen molar-refractivity contribution in [3.63, 3.8) is 0 Å². The number of carbonyl (C=O) groups excluding carboxylic acids is 1. The largest absolute Gasteiger partial charge is 0.465 e. The fraction of sp³-hybridized carbons (Fsp3) is 0. The minimum atomic E-state index is -0.172. The molecular weight excluding hydrogens is 401 g/mol. The van der Waals surface area contributed by atoms with E-state index in [9.17, 15) is 4.79 Å². The molecule has 4 heteroatoms. The monoisotopic (exact) mass is 415 g/mol. The second-order valence-corrected chi connectivity index (χ2v) is 6.15. The average Bonchev–Trinajstić information content (AvgIpc) is 3.09. The number of amides is 1. The number of halogens is 1. The molecule has 0 aliphatic heterocycles. The van der Waals surface area contributed by atoms with Crippen molar-refractivity contribution in [2.75, 3.05) is 5.32 Å². The number of hydrogen-bond acceptors (Lipinski definition) is 2. The fourth-order valence-corrected chi connectivity index (χ4v) is 2.50. The Hall–Kier alpha value is -2.34. The van der Waals surface area contributed by atoms with Gasteiger partial charge in [-0.25, -0.2) is 0 Å². The van der Waals surface area contributed by atoms with Crippen molar-refractivity contribution in [1.82, 2.24) is 0 Å². The Morgan fingerprint density at radius 2 is 1.70 bits per heavy atom. The van der Waals surface area contributed by atoms with Crippen LogP contribution in [-0.2, 0) is 4.79 Å². The predicted molar refractivity (Wildman–Crippen MR) is 101 cm³/mol. The lowest BCUT2D eigenvalue weighted by molar-refractivity contribution is -0.111. The summed E-state index contributed by atoms with van der Waals surface area (Å²) < 4.78 is 6.46. The van der Waals surface area contributed by atoms with E-state index < -0.39 is 0 Å². The van der Waals surface area contributed by atoms with E-state index in [2.05, 4.69) is 27.9 Å². The molecule has 114 valence electrons. The van der Waals surface area contributed by atoms with Crippen LogP contribution < -0.4 is 5.32 Å². The second kappa shape index (κ2) is 7.28. The Morgan fingerprint density at radius 1 is 0.957 bits per heavy atom. The minimum Gasteiger partial charge on any atom is -0.465 e. The maximum Gasteiger partial charge on any atom is 0.256 e. The molecule has 0 atom stereocenters.